The van der Waals surface area contributed by atoms with E-state index < -0.39 is 6.04 Å². The van der Waals surface area contributed by atoms with E-state index in [0.717, 1.165) is 30.7 Å². The van der Waals surface area contributed by atoms with Crippen LogP contribution in [0.25, 0.3) is 0 Å². The lowest BCUT2D eigenvalue weighted by Gasteiger charge is -2.39. The van der Waals surface area contributed by atoms with Crippen molar-refractivity contribution in [3.05, 3.63) is 34.9 Å². The van der Waals surface area contributed by atoms with Crippen molar-refractivity contribution in [1.29, 1.82) is 0 Å². The van der Waals surface area contributed by atoms with Crippen LogP contribution in [0, 0.1) is 0 Å². The summed E-state index contributed by atoms with van der Waals surface area (Å²) in [7, 11) is 1.71. The predicted octanol–water partition coefficient (Wildman–Crippen LogP) is -0.0859. The van der Waals surface area contributed by atoms with Crippen molar-refractivity contribution in [2.75, 3.05) is 20.3 Å². The van der Waals surface area contributed by atoms with Crippen molar-refractivity contribution in [2.24, 2.45) is 0 Å². The fourth-order valence-electron chi connectivity index (χ4n) is 4.22. The van der Waals surface area contributed by atoms with Crippen LogP contribution in [0.15, 0.2) is 18.2 Å². The van der Waals surface area contributed by atoms with E-state index in [2.05, 4.69) is 16.0 Å². The Bertz CT molecular complexity index is 796. The molecule has 0 aromatic heterocycles. The molecule has 28 heavy (non-hydrogen) atoms. The van der Waals surface area contributed by atoms with Crippen molar-refractivity contribution < 1.29 is 19.1 Å². The minimum atomic E-state index is -0.576. The maximum atomic E-state index is 12.9. The molecule has 0 saturated carbocycles. The van der Waals surface area contributed by atoms with Gasteiger partial charge in [0.05, 0.1) is 0 Å². The highest BCUT2D eigenvalue weighted by molar-refractivity contribution is 6.05. The Hall–Kier alpha value is -2.29. The van der Waals surface area contributed by atoms with Crippen LogP contribution in [0.3, 0.4) is 0 Å². The molecule has 3 aliphatic rings. The van der Waals surface area contributed by atoms with E-state index in [9.17, 15) is 14.4 Å². The highest BCUT2D eigenvalue weighted by Crippen LogP contribution is 2.30. The highest BCUT2D eigenvalue weighted by atomic mass is 16.5. The average Bonchev–Trinajstić information content (AvgIpc) is 2.99. The third-order valence-corrected chi connectivity index (χ3v) is 5.95. The summed E-state index contributed by atoms with van der Waals surface area (Å²) in [5, 5.41) is 9.33. The second-order valence-electron chi connectivity index (χ2n) is 7.63. The van der Waals surface area contributed by atoms with Gasteiger partial charge in [-0.05, 0) is 30.0 Å². The molecule has 3 amide bonds. The van der Waals surface area contributed by atoms with Gasteiger partial charge in [0.25, 0.3) is 5.91 Å². The number of rotatable bonds is 7. The molecule has 2 fully saturated rings. The standard InChI is InChI=1S/C20H26N4O4/c1-28-8-7-15-16(10-22-15)21-9-12-3-2-4-13-14(12)11-24(20(13)27)17-5-6-18(25)23-19(17)26/h2-4,15-17,21-22H,5-11H2,1H3,(H,23,25,26). The average molecular weight is 386 g/mol. The molecule has 3 heterocycles. The Labute approximate surface area is 164 Å². The SMILES string of the molecule is COCCC1NCC1NCc1cccc2c1CN(C1CCC(=O)NC1=O)C2=O. The molecule has 4 rings (SSSR count). The van der Waals surface area contributed by atoms with Crippen molar-refractivity contribution in [3.8, 4) is 0 Å². The quantitative estimate of drug-likeness (QED) is 0.567. The first-order valence-electron chi connectivity index (χ1n) is 9.79. The molecule has 3 aliphatic heterocycles. The molecule has 3 N–H and O–H groups in total. The summed E-state index contributed by atoms with van der Waals surface area (Å²) in [6.45, 7) is 2.74. The summed E-state index contributed by atoms with van der Waals surface area (Å²) in [6.07, 6.45) is 1.61. The smallest absolute Gasteiger partial charge is 0.255 e. The molecule has 0 aliphatic carbocycles. The molecule has 3 unspecified atom stereocenters. The second-order valence-corrected chi connectivity index (χ2v) is 7.63. The molecule has 3 atom stereocenters. The van der Waals surface area contributed by atoms with Gasteiger partial charge in [-0.2, -0.15) is 0 Å². The van der Waals surface area contributed by atoms with E-state index in [0.29, 0.717) is 37.2 Å². The largest absolute Gasteiger partial charge is 0.385 e. The number of imide groups is 1. The lowest BCUT2D eigenvalue weighted by atomic mass is 9.96. The summed E-state index contributed by atoms with van der Waals surface area (Å²) in [5.74, 6) is -0.777. The van der Waals surface area contributed by atoms with Crippen LogP contribution < -0.4 is 16.0 Å². The summed E-state index contributed by atoms with van der Waals surface area (Å²) < 4.78 is 5.15. The highest BCUT2D eigenvalue weighted by Gasteiger charge is 2.39. The minimum absolute atomic E-state index is 0.130. The fourth-order valence-corrected chi connectivity index (χ4v) is 4.22. The van der Waals surface area contributed by atoms with E-state index >= 15 is 0 Å². The van der Waals surface area contributed by atoms with Gasteiger partial charge in [0.15, 0.2) is 0 Å². The molecular formula is C20H26N4O4. The maximum absolute atomic E-state index is 12.9. The van der Waals surface area contributed by atoms with Gasteiger partial charge in [0, 0.05) is 57.4 Å². The van der Waals surface area contributed by atoms with E-state index in [-0.39, 0.29) is 24.1 Å². The van der Waals surface area contributed by atoms with Gasteiger partial charge in [-0.15, -0.1) is 0 Å². The van der Waals surface area contributed by atoms with Crippen molar-refractivity contribution >= 4 is 17.7 Å². The zero-order valence-electron chi connectivity index (χ0n) is 16.0. The van der Waals surface area contributed by atoms with E-state index in [1.807, 2.05) is 18.2 Å². The molecule has 0 spiro atoms. The van der Waals surface area contributed by atoms with Gasteiger partial charge in [-0.3, -0.25) is 19.7 Å². The molecule has 0 bridgehead atoms. The normalized spacial score (nSPS) is 26.8. The second kappa shape index (κ2) is 7.98. The summed E-state index contributed by atoms with van der Waals surface area (Å²) >= 11 is 0. The van der Waals surface area contributed by atoms with Crippen LogP contribution >= 0.6 is 0 Å². The number of hydrogen-bond donors (Lipinski definition) is 3. The number of piperidine rings is 1. The van der Waals surface area contributed by atoms with Gasteiger partial charge in [-0.25, -0.2) is 0 Å². The molecule has 150 valence electrons. The predicted molar refractivity (Wildman–Crippen MR) is 101 cm³/mol. The number of carbonyl (C=O) groups is 3. The Morgan fingerprint density at radius 1 is 1.29 bits per heavy atom. The van der Waals surface area contributed by atoms with Crippen LogP contribution in [-0.2, 0) is 27.4 Å². The van der Waals surface area contributed by atoms with E-state index in [1.54, 1.807) is 12.0 Å². The van der Waals surface area contributed by atoms with Crippen LogP contribution in [0.2, 0.25) is 0 Å². The van der Waals surface area contributed by atoms with E-state index in [1.165, 1.54) is 0 Å². The number of ether oxygens (including phenoxy) is 1. The lowest BCUT2D eigenvalue weighted by Crippen LogP contribution is -2.63. The third-order valence-electron chi connectivity index (χ3n) is 5.95. The minimum Gasteiger partial charge on any atom is -0.385 e. The molecule has 8 heteroatoms. The van der Waals surface area contributed by atoms with Gasteiger partial charge in [-0.1, -0.05) is 12.1 Å². The first-order valence-corrected chi connectivity index (χ1v) is 9.79. The first kappa shape index (κ1) is 19.0. The number of nitrogens with zero attached hydrogens (tertiary/aromatic N) is 1. The van der Waals surface area contributed by atoms with Crippen molar-refractivity contribution in [1.82, 2.24) is 20.9 Å². The lowest BCUT2D eigenvalue weighted by molar-refractivity contribution is -0.136. The van der Waals surface area contributed by atoms with Crippen LogP contribution in [0.4, 0.5) is 0 Å². The van der Waals surface area contributed by atoms with Gasteiger partial charge >= 0.3 is 0 Å². The molecule has 1 aromatic carbocycles. The van der Waals surface area contributed by atoms with Crippen molar-refractivity contribution in [3.63, 3.8) is 0 Å². The van der Waals surface area contributed by atoms with Crippen LogP contribution in [0.1, 0.15) is 40.7 Å². The molecule has 8 nitrogen and oxygen atoms in total. The van der Waals surface area contributed by atoms with Gasteiger partial charge < -0.3 is 20.3 Å². The number of methoxy groups -OCH3 is 1. The van der Waals surface area contributed by atoms with Crippen LogP contribution in [-0.4, -0.2) is 61.0 Å². The molecular weight excluding hydrogens is 360 g/mol. The Morgan fingerprint density at radius 2 is 2.14 bits per heavy atom. The number of hydrogen-bond acceptors (Lipinski definition) is 6. The van der Waals surface area contributed by atoms with Crippen molar-refractivity contribution in [2.45, 2.75) is 50.5 Å². The summed E-state index contributed by atoms with van der Waals surface area (Å²) in [5.41, 5.74) is 2.72. The van der Waals surface area contributed by atoms with E-state index in [4.69, 9.17) is 4.74 Å². The number of amides is 3. The molecule has 1 aromatic rings. The molecule has 2 saturated heterocycles. The Balaban J connectivity index is 1.43. The van der Waals surface area contributed by atoms with Gasteiger partial charge in [0.2, 0.25) is 11.8 Å². The first-order chi connectivity index (χ1) is 13.6. The fraction of sp³-hybridized carbons (Fsp3) is 0.550. The summed E-state index contributed by atoms with van der Waals surface area (Å²) in [6, 6.07) is 5.95. The zero-order chi connectivity index (χ0) is 19.7. The Morgan fingerprint density at radius 3 is 2.86 bits per heavy atom. The summed E-state index contributed by atoms with van der Waals surface area (Å²) in [4.78, 5) is 38.1. The molecule has 0 radical (unpaired) electrons. The topological polar surface area (TPSA) is 99.8 Å². The van der Waals surface area contributed by atoms with Gasteiger partial charge in [0.1, 0.15) is 6.04 Å². The number of benzene rings is 1. The number of carbonyl (C=O) groups excluding carboxylic acids is 3. The Kier molecular flexibility index (Phi) is 5.43. The van der Waals surface area contributed by atoms with Crippen LogP contribution in [0.5, 0.6) is 0 Å². The third kappa shape index (κ3) is 3.55. The zero-order valence-corrected chi connectivity index (χ0v) is 16.0. The number of nitrogens with one attached hydrogen (secondary N) is 3. The monoisotopic (exact) mass is 386 g/mol. The maximum Gasteiger partial charge on any atom is 0.255 e. The number of fused-ring (bicyclic) bond motifs is 1.